The number of nitrogens with zero attached hydrogens (tertiary/aromatic N) is 1. The lowest BCUT2D eigenvalue weighted by atomic mass is 9.95. The van der Waals surface area contributed by atoms with E-state index in [1.165, 1.54) is 12.1 Å². The summed E-state index contributed by atoms with van der Waals surface area (Å²) in [6, 6.07) is 6.63. The number of aromatic carboxylic acids is 1. The SMILES string of the molecule is CC(C)c1cc(C#N)ccc1C(=O)O. The van der Waals surface area contributed by atoms with Gasteiger partial charge < -0.3 is 5.11 Å². The summed E-state index contributed by atoms with van der Waals surface area (Å²) < 4.78 is 0. The molecule has 1 aromatic carbocycles. The molecule has 0 spiro atoms. The highest BCUT2D eigenvalue weighted by molar-refractivity contribution is 5.89. The third kappa shape index (κ3) is 1.91. The first-order chi connectivity index (χ1) is 6.56. The van der Waals surface area contributed by atoms with E-state index in [9.17, 15) is 4.79 Å². The van der Waals surface area contributed by atoms with Crippen LogP contribution in [-0.2, 0) is 0 Å². The highest BCUT2D eigenvalue weighted by atomic mass is 16.4. The van der Waals surface area contributed by atoms with Gasteiger partial charge in [-0.2, -0.15) is 5.26 Å². The second-order valence-corrected chi connectivity index (χ2v) is 3.37. The van der Waals surface area contributed by atoms with Crippen LogP contribution in [0.3, 0.4) is 0 Å². The van der Waals surface area contributed by atoms with Crippen molar-refractivity contribution in [3.63, 3.8) is 0 Å². The average molecular weight is 189 g/mol. The van der Waals surface area contributed by atoms with Crippen molar-refractivity contribution in [1.82, 2.24) is 0 Å². The quantitative estimate of drug-likeness (QED) is 0.776. The van der Waals surface area contributed by atoms with Crippen molar-refractivity contribution in [3.05, 3.63) is 34.9 Å². The lowest BCUT2D eigenvalue weighted by Gasteiger charge is -2.09. The molecule has 0 unspecified atom stereocenters. The number of carboxylic acids is 1. The molecule has 0 saturated carbocycles. The minimum atomic E-state index is -0.946. The van der Waals surface area contributed by atoms with Crippen molar-refractivity contribution in [2.75, 3.05) is 0 Å². The van der Waals surface area contributed by atoms with Crippen LogP contribution in [0.4, 0.5) is 0 Å². The van der Waals surface area contributed by atoms with Gasteiger partial charge in [-0.25, -0.2) is 4.79 Å². The number of carbonyl (C=O) groups is 1. The number of hydrogen-bond donors (Lipinski definition) is 1. The number of hydrogen-bond acceptors (Lipinski definition) is 2. The molecular formula is C11H11NO2. The maximum Gasteiger partial charge on any atom is 0.335 e. The minimum absolute atomic E-state index is 0.106. The van der Waals surface area contributed by atoms with Gasteiger partial charge >= 0.3 is 5.97 Å². The van der Waals surface area contributed by atoms with Crippen LogP contribution in [0, 0.1) is 11.3 Å². The predicted octanol–water partition coefficient (Wildman–Crippen LogP) is 2.38. The highest BCUT2D eigenvalue weighted by Gasteiger charge is 2.12. The summed E-state index contributed by atoms with van der Waals surface area (Å²) in [5.74, 6) is -0.840. The fraction of sp³-hybridized carbons (Fsp3) is 0.273. The van der Waals surface area contributed by atoms with E-state index in [1.54, 1.807) is 6.07 Å². The first-order valence-corrected chi connectivity index (χ1v) is 4.33. The zero-order chi connectivity index (χ0) is 10.7. The van der Waals surface area contributed by atoms with Crippen molar-refractivity contribution >= 4 is 5.97 Å². The van der Waals surface area contributed by atoms with E-state index in [0.29, 0.717) is 11.1 Å². The third-order valence-corrected chi connectivity index (χ3v) is 2.03. The molecule has 3 heteroatoms. The smallest absolute Gasteiger partial charge is 0.335 e. The van der Waals surface area contributed by atoms with Crippen molar-refractivity contribution in [1.29, 1.82) is 5.26 Å². The first-order valence-electron chi connectivity index (χ1n) is 4.33. The summed E-state index contributed by atoms with van der Waals surface area (Å²) in [4.78, 5) is 10.8. The van der Waals surface area contributed by atoms with Crippen LogP contribution in [-0.4, -0.2) is 11.1 Å². The molecule has 72 valence electrons. The Kier molecular flexibility index (Phi) is 2.88. The van der Waals surface area contributed by atoms with Crippen molar-refractivity contribution in [3.8, 4) is 6.07 Å². The first kappa shape index (κ1) is 10.3. The van der Waals surface area contributed by atoms with Gasteiger partial charge in [-0.1, -0.05) is 13.8 Å². The molecule has 0 amide bonds. The molecule has 0 heterocycles. The van der Waals surface area contributed by atoms with E-state index in [-0.39, 0.29) is 11.5 Å². The number of benzene rings is 1. The number of carboxylic acid groups (broad SMARTS) is 1. The van der Waals surface area contributed by atoms with E-state index in [1.807, 2.05) is 19.9 Å². The molecule has 0 aliphatic carbocycles. The van der Waals surface area contributed by atoms with Gasteiger partial charge in [0.05, 0.1) is 17.2 Å². The van der Waals surface area contributed by atoms with Crippen LogP contribution < -0.4 is 0 Å². The van der Waals surface area contributed by atoms with Crippen LogP contribution in [0.25, 0.3) is 0 Å². The van der Waals surface area contributed by atoms with Crippen molar-refractivity contribution in [2.24, 2.45) is 0 Å². The largest absolute Gasteiger partial charge is 0.478 e. The van der Waals surface area contributed by atoms with Crippen LogP contribution in [0.5, 0.6) is 0 Å². The summed E-state index contributed by atoms with van der Waals surface area (Å²) in [6.07, 6.45) is 0. The van der Waals surface area contributed by atoms with Crippen molar-refractivity contribution < 1.29 is 9.90 Å². The molecule has 0 saturated heterocycles. The molecule has 0 atom stereocenters. The Hall–Kier alpha value is -1.82. The Labute approximate surface area is 82.6 Å². The molecular weight excluding hydrogens is 178 g/mol. The number of nitriles is 1. The molecule has 14 heavy (non-hydrogen) atoms. The average Bonchev–Trinajstić information content (AvgIpc) is 2.16. The molecule has 0 bridgehead atoms. The molecule has 1 N–H and O–H groups in total. The van der Waals surface area contributed by atoms with Gasteiger partial charge in [-0.3, -0.25) is 0 Å². The molecule has 0 fully saturated rings. The second-order valence-electron chi connectivity index (χ2n) is 3.37. The normalized spacial score (nSPS) is 9.86. The monoisotopic (exact) mass is 189 g/mol. The van der Waals surface area contributed by atoms with Crippen LogP contribution in [0.2, 0.25) is 0 Å². The van der Waals surface area contributed by atoms with Gasteiger partial charge in [-0.05, 0) is 29.7 Å². The van der Waals surface area contributed by atoms with E-state index in [4.69, 9.17) is 10.4 Å². The maximum atomic E-state index is 10.8. The third-order valence-electron chi connectivity index (χ3n) is 2.03. The van der Waals surface area contributed by atoms with Gasteiger partial charge in [0.25, 0.3) is 0 Å². The van der Waals surface area contributed by atoms with Crippen molar-refractivity contribution in [2.45, 2.75) is 19.8 Å². The zero-order valence-electron chi connectivity index (χ0n) is 8.11. The Balaban J connectivity index is 3.33. The maximum absolute atomic E-state index is 10.8. The Morgan fingerprint density at radius 3 is 2.57 bits per heavy atom. The molecule has 0 aromatic heterocycles. The fourth-order valence-corrected chi connectivity index (χ4v) is 1.30. The lowest BCUT2D eigenvalue weighted by molar-refractivity contribution is 0.0695. The van der Waals surface area contributed by atoms with Gasteiger partial charge in [0.1, 0.15) is 0 Å². The predicted molar refractivity (Wildman–Crippen MR) is 52.2 cm³/mol. The lowest BCUT2D eigenvalue weighted by Crippen LogP contribution is -2.04. The summed E-state index contributed by atoms with van der Waals surface area (Å²) in [7, 11) is 0. The van der Waals surface area contributed by atoms with E-state index >= 15 is 0 Å². The Morgan fingerprint density at radius 1 is 1.50 bits per heavy atom. The van der Waals surface area contributed by atoms with E-state index in [0.717, 1.165) is 0 Å². The van der Waals surface area contributed by atoms with Crippen LogP contribution in [0.15, 0.2) is 18.2 Å². The number of rotatable bonds is 2. The van der Waals surface area contributed by atoms with E-state index < -0.39 is 5.97 Å². The molecule has 1 aromatic rings. The van der Waals surface area contributed by atoms with E-state index in [2.05, 4.69) is 0 Å². The van der Waals surface area contributed by atoms with Crippen LogP contribution in [0.1, 0.15) is 41.3 Å². The van der Waals surface area contributed by atoms with Crippen LogP contribution >= 0.6 is 0 Å². The topological polar surface area (TPSA) is 61.1 Å². The molecule has 0 aliphatic rings. The second kappa shape index (κ2) is 3.93. The Bertz CT molecular complexity index is 402. The summed E-state index contributed by atoms with van der Waals surface area (Å²) >= 11 is 0. The van der Waals surface area contributed by atoms with Gasteiger partial charge in [0.2, 0.25) is 0 Å². The zero-order valence-corrected chi connectivity index (χ0v) is 8.11. The Morgan fingerprint density at radius 2 is 2.14 bits per heavy atom. The molecule has 0 radical (unpaired) electrons. The molecule has 1 rings (SSSR count). The fourth-order valence-electron chi connectivity index (χ4n) is 1.30. The molecule has 3 nitrogen and oxygen atoms in total. The summed E-state index contributed by atoms with van der Waals surface area (Å²) in [6.45, 7) is 3.81. The van der Waals surface area contributed by atoms with Gasteiger partial charge in [-0.15, -0.1) is 0 Å². The highest BCUT2D eigenvalue weighted by Crippen LogP contribution is 2.20. The minimum Gasteiger partial charge on any atom is -0.478 e. The van der Waals surface area contributed by atoms with Gasteiger partial charge in [0.15, 0.2) is 0 Å². The molecule has 0 aliphatic heterocycles. The summed E-state index contributed by atoms with van der Waals surface area (Å²) in [5, 5.41) is 17.6. The van der Waals surface area contributed by atoms with Gasteiger partial charge in [0, 0.05) is 0 Å². The summed E-state index contributed by atoms with van der Waals surface area (Å²) in [5.41, 5.74) is 1.48. The standard InChI is InChI=1S/C11H11NO2/c1-7(2)10-5-8(6-12)3-4-9(10)11(13)14/h3-5,7H,1-2H3,(H,13,14).